The first-order chi connectivity index (χ1) is 11.2. The van der Waals surface area contributed by atoms with Crippen LogP contribution in [0.2, 0.25) is 0 Å². The average Bonchev–Trinajstić information content (AvgIpc) is 2.61. The molecule has 0 spiro atoms. The fourth-order valence-corrected chi connectivity index (χ4v) is 3.96. The number of piperidine rings is 2. The molecule has 0 bridgehead atoms. The van der Waals surface area contributed by atoms with E-state index >= 15 is 0 Å². The van der Waals surface area contributed by atoms with Crippen LogP contribution in [0.3, 0.4) is 0 Å². The minimum Gasteiger partial charge on any atom is -0.370 e. The molecule has 2 saturated heterocycles. The van der Waals surface area contributed by atoms with E-state index in [4.69, 9.17) is 0 Å². The van der Waals surface area contributed by atoms with Gasteiger partial charge >= 0.3 is 0 Å². The average molecular weight is 315 g/mol. The van der Waals surface area contributed by atoms with Crippen LogP contribution in [0.5, 0.6) is 0 Å². The van der Waals surface area contributed by atoms with E-state index in [1.807, 2.05) is 17.2 Å². The van der Waals surface area contributed by atoms with E-state index in [1.54, 1.807) is 0 Å². The molecular formula is C19H29N3O. The Balaban J connectivity index is 1.70. The Morgan fingerprint density at radius 3 is 2.78 bits per heavy atom. The largest absolute Gasteiger partial charge is 0.370 e. The van der Waals surface area contributed by atoms with Gasteiger partial charge in [0.15, 0.2) is 0 Å². The molecule has 2 aliphatic rings. The third-order valence-electron chi connectivity index (χ3n) is 5.35. The second kappa shape index (κ2) is 7.33. The van der Waals surface area contributed by atoms with E-state index in [2.05, 4.69) is 29.8 Å². The van der Waals surface area contributed by atoms with Crippen LogP contribution >= 0.6 is 0 Å². The molecule has 4 nitrogen and oxygen atoms in total. The quantitative estimate of drug-likeness (QED) is 0.853. The fourth-order valence-electron chi connectivity index (χ4n) is 3.96. The van der Waals surface area contributed by atoms with Crippen molar-refractivity contribution in [3.63, 3.8) is 0 Å². The van der Waals surface area contributed by atoms with E-state index < -0.39 is 0 Å². The van der Waals surface area contributed by atoms with Gasteiger partial charge in [-0.25, -0.2) is 4.98 Å². The molecule has 2 aliphatic heterocycles. The number of carbonyl (C=O) groups is 1. The predicted molar refractivity (Wildman–Crippen MR) is 93.8 cm³/mol. The minimum atomic E-state index is 0.107. The summed E-state index contributed by atoms with van der Waals surface area (Å²) in [5.74, 6) is 0.846. The van der Waals surface area contributed by atoms with Crippen molar-refractivity contribution in [3.8, 4) is 0 Å². The van der Waals surface area contributed by atoms with Crippen LogP contribution in [-0.2, 0) is 0 Å². The Morgan fingerprint density at radius 2 is 2.09 bits per heavy atom. The number of pyridine rings is 1. The third kappa shape index (κ3) is 3.67. The summed E-state index contributed by atoms with van der Waals surface area (Å²) in [6.07, 6.45) is 8.97. The van der Waals surface area contributed by atoms with Crippen LogP contribution in [0.25, 0.3) is 0 Å². The highest BCUT2D eigenvalue weighted by Crippen LogP contribution is 2.24. The molecular weight excluding hydrogens is 286 g/mol. The molecule has 2 unspecified atom stereocenters. The summed E-state index contributed by atoms with van der Waals surface area (Å²) in [4.78, 5) is 21.7. The zero-order valence-corrected chi connectivity index (χ0v) is 14.5. The van der Waals surface area contributed by atoms with E-state index in [0.717, 1.165) is 50.5 Å². The Hall–Kier alpha value is -1.58. The zero-order valence-electron chi connectivity index (χ0n) is 14.5. The van der Waals surface area contributed by atoms with Gasteiger partial charge in [-0.15, -0.1) is 0 Å². The Kier molecular flexibility index (Phi) is 5.19. The summed E-state index contributed by atoms with van der Waals surface area (Å²) >= 11 is 0. The maximum Gasteiger partial charge on any atom is 0.272 e. The van der Waals surface area contributed by atoms with Crippen molar-refractivity contribution >= 4 is 11.6 Å². The van der Waals surface area contributed by atoms with Gasteiger partial charge in [-0.3, -0.25) is 4.79 Å². The molecule has 0 aromatic carbocycles. The van der Waals surface area contributed by atoms with Crippen LogP contribution in [0, 0.1) is 5.92 Å². The summed E-state index contributed by atoms with van der Waals surface area (Å²) in [5.41, 5.74) is 1.75. The van der Waals surface area contributed by atoms with Crippen LogP contribution in [0.4, 0.5) is 5.69 Å². The first-order valence-electron chi connectivity index (χ1n) is 9.21. The number of hydrogen-bond donors (Lipinski definition) is 0. The molecule has 0 N–H and O–H groups in total. The van der Waals surface area contributed by atoms with Gasteiger partial charge in [-0.1, -0.05) is 13.8 Å². The molecule has 2 atom stereocenters. The van der Waals surface area contributed by atoms with Crippen molar-refractivity contribution < 1.29 is 4.79 Å². The summed E-state index contributed by atoms with van der Waals surface area (Å²) in [7, 11) is 0. The number of likely N-dealkylation sites (tertiary alicyclic amines) is 1. The molecule has 126 valence electrons. The molecule has 3 rings (SSSR count). The molecule has 23 heavy (non-hydrogen) atoms. The van der Waals surface area contributed by atoms with Crippen molar-refractivity contribution in [3.05, 3.63) is 24.0 Å². The number of hydrogen-bond acceptors (Lipinski definition) is 3. The van der Waals surface area contributed by atoms with Crippen LogP contribution in [0.1, 0.15) is 62.9 Å². The van der Waals surface area contributed by atoms with Crippen LogP contribution in [-0.4, -0.2) is 41.5 Å². The molecule has 0 saturated carbocycles. The highest BCUT2D eigenvalue weighted by atomic mass is 16.2. The van der Waals surface area contributed by atoms with E-state index in [9.17, 15) is 4.79 Å². The minimum absolute atomic E-state index is 0.107. The number of amides is 1. The normalized spacial score (nSPS) is 25.5. The van der Waals surface area contributed by atoms with Gasteiger partial charge in [0, 0.05) is 25.7 Å². The van der Waals surface area contributed by atoms with Crippen molar-refractivity contribution in [1.82, 2.24) is 9.88 Å². The van der Waals surface area contributed by atoms with Crippen LogP contribution < -0.4 is 4.90 Å². The van der Waals surface area contributed by atoms with Gasteiger partial charge in [-0.2, -0.15) is 0 Å². The smallest absolute Gasteiger partial charge is 0.272 e. The van der Waals surface area contributed by atoms with Crippen molar-refractivity contribution in [2.24, 2.45) is 5.92 Å². The van der Waals surface area contributed by atoms with Crippen molar-refractivity contribution in [2.75, 3.05) is 24.5 Å². The molecule has 0 radical (unpaired) electrons. The maximum atomic E-state index is 12.8. The lowest BCUT2D eigenvalue weighted by Gasteiger charge is -2.35. The van der Waals surface area contributed by atoms with E-state index in [1.165, 1.54) is 19.3 Å². The molecule has 0 aliphatic carbocycles. The summed E-state index contributed by atoms with van der Waals surface area (Å²) in [6, 6.07) is 4.38. The fraction of sp³-hybridized carbons (Fsp3) is 0.684. The van der Waals surface area contributed by atoms with Gasteiger partial charge in [0.1, 0.15) is 5.69 Å². The maximum absolute atomic E-state index is 12.8. The van der Waals surface area contributed by atoms with E-state index in [0.29, 0.717) is 11.7 Å². The molecule has 1 aromatic heterocycles. The number of anilines is 1. The van der Waals surface area contributed by atoms with Gasteiger partial charge in [0.2, 0.25) is 0 Å². The highest BCUT2D eigenvalue weighted by molar-refractivity contribution is 5.92. The third-order valence-corrected chi connectivity index (χ3v) is 5.35. The second-order valence-corrected chi connectivity index (χ2v) is 7.15. The summed E-state index contributed by atoms with van der Waals surface area (Å²) in [5, 5.41) is 0. The second-order valence-electron chi connectivity index (χ2n) is 7.15. The number of aromatic nitrogens is 1. The summed E-state index contributed by atoms with van der Waals surface area (Å²) < 4.78 is 0. The first-order valence-corrected chi connectivity index (χ1v) is 9.21. The number of nitrogens with zero attached hydrogens (tertiary/aromatic N) is 3. The van der Waals surface area contributed by atoms with Crippen molar-refractivity contribution in [1.29, 1.82) is 0 Å². The first kappa shape index (κ1) is 16.3. The molecule has 1 aromatic rings. The van der Waals surface area contributed by atoms with Gasteiger partial charge < -0.3 is 9.80 Å². The SMILES string of the molecule is CCC1CCCCN1C(=O)c1ccc(N2CCCC(C)C2)cn1. The Bertz CT molecular complexity index is 528. The summed E-state index contributed by atoms with van der Waals surface area (Å²) in [6.45, 7) is 7.55. The lowest BCUT2D eigenvalue weighted by molar-refractivity contribution is 0.0602. The van der Waals surface area contributed by atoms with Gasteiger partial charge in [0.05, 0.1) is 11.9 Å². The van der Waals surface area contributed by atoms with Gasteiger partial charge in [-0.05, 0) is 56.6 Å². The zero-order chi connectivity index (χ0) is 16.2. The van der Waals surface area contributed by atoms with Gasteiger partial charge in [0.25, 0.3) is 5.91 Å². The topological polar surface area (TPSA) is 36.4 Å². The molecule has 3 heterocycles. The molecule has 2 fully saturated rings. The van der Waals surface area contributed by atoms with Crippen molar-refractivity contribution in [2.45, 2.75) is 58.4 Å². The standard InChI is InChI=1S/C19H29N3O/c1-3-16-8-4-5-12-22(16)19(23)18-10-9-17(13-20-18)21-11-6-7-15(2)14-21/h9-10,13,15-16H,3-8,11-12,14H2,1-2H3. The highest BCUT2D eigenvalue weighted by Gasteiger charge is 2.27. The predicted octanol–water partition coefficient (Wildman–Crippen LogP) is 3.72. The number of carbonyl (C=O) groups excluding carboxylic acids is 1. The van der Waals surface area contributed by atoms with E-state index in [-0.39, 0.29) is 5.91 Å². The number of rotatable bonds is 3. The monoisotopic (exact) mass is 315 g/mol. The Labute approximate surface area is 139 Å². The Morgan fingerprint density at radius 1 is 1.22 bits per heavy atom. The molecule has 4 heteroatoms. The van der Waals surface area contributed by atoms with Crippen LogP contribution in [0.15, 0.2) is 18.3 Å². The molecule has 1 amide bonds. The lowest BCUT2D eigenvalue weighted by Crippen LogP contribution is -2.43. The lowest BCUT2D eigenvalue weighted by atomic mass is 9.99.